The zero-order chi connectivity index (χ0) is 28.7. The average molecular weight is 571 g/mol. The number of hydrogen-bond donors (Lipinski definition) is 4. The average Bonchev–Trinajstić information content (AvgIpc) is 3.64. The molecule has 0 aliphatic heterocycles. The van der Waals surface area contributed by atoms with E-state index >= 15 is 0 Å². The Balaban J connectivity index is 0.000000211. The Morgan fingerprint density at radius 2 is 0.925 bits per heavy atom. The van der Waals surface area contributed by atoms with E-state index in [0.29, 0.717) is 4.88 Å². The monoisotopic (exact) mass is 570 g/mol. The van der Waals surface area contributed by atoms with Crippen molar-refractivity contribution in [2.75, 3.05) is 30.0 Å². The topological polar surface area (TPSA) is 155 Å². The van der Waals surface area contributed by atoms with E-state index in [1.807, 2.05) is 73.1 Å². The van der Waals surface area contributed by atoms with E-state index in [0.717, 1.165) is 55.2 Å². The summed E-state index contributed by atoms with van der Waals surface area (Å²) < 4.78 is 4.86. The molecule has 2 heterocycles. The second-order valence-corrected chi connectivity index (χ2v) is 10.3. The summed E-state index contributed by atoms with van der Waals surface area (Å²) in [5, 5.41) is 0.775. The minimum atomic E-state index is 0.701. The van der Waals surface area contributed by atoms with Gasteiger partial charge in [0.05, 0.1) is 23.4 Å². The molecule has 5 aromatic rings. The van der Waals surface area contributed by atoms with Crippen LogP contribution in [-0.4, -0.2) is 25.8 Å². The van der Waals surface area contributed by atoms with Gasteiger partial charge in [-0.1, -0.05) is 11.3 Å². The van der Waals surface area contributed by atoms with Crippen LogP contribution in [0.2, 0.25) is 0 Å². The number of carbonyl (C=O) groups is 1. The van der Waals surface area contributed by atoms with Crippen LogP contribution in [0.4, 0.5) is 34.1 Å². The van der Waals surface area contributed by atoms with Crippen LogP contribution in [0.1, 0.15) is 19.4 Å². The summed E-state index contributed by atoms with van der Waals surface area (Å²) in [5.41, 5.74) is 26.8. The largest absolute Gasteiger partial charge is 0.487 e. The molecule has 0 saturated heterocycles. The second kappa shape index (κ2) is 15.5. The van der Waals surface area contributed by atoms with Gasteiger partial charge in [0, 0.05) is 44.9 Å². The van der Waals surface area contributed by atoms with Crippen molar-refractivity contribution in [3.63, 3.8) is 0 Å². The van der Waals surface area contributed by atoms with Crippen molar-refractivity contribution >= 4 is 75.5 Å². The Hall–Kier alpha value is -4.93. The summed E-state index contributed by atoms with van der Waals surface area (Å²) >= 11 is 2.97. The first-order valence-electron chi connectivity index (χ1n) is 11.9. The van der Waals surface area contributed by atoms with Gasteiger partial charge in [0.25, 0.3) is 0 Å². The molecule has 0 bridgehead atoms. The normalized spacial score (nSPS) is 10.4. The van der Waals surface area contributed by atoms with Gasteiger partial charge in [-0.2, -0.15) is 0 Å². The number of benzene rings is 3. The van der Waals surface area contributed by atoms with Crippen molar-refractivity contribution in [2.24, 2.45) is 9.98 Å². The van der Waals surface area contributed by atoms with Crippen LogP contribution < -0.4 is 27.7 Å². The molecule has 2 aromatic heterocycles. The first-order valence-corrected chi connectivity index (χ1v) is 13.6. The zero-order valence-electron chi connectivity index (χ0n) is 21.8. The molecule has 0 aliphatic rings. The molecular weight excluding hydrogens is 541 g/mol. The molecule has 0 atom stereocenters. The van der Waals surface area contributed by atoms with Crippen molar-refractivity contribution in [1.29, 1.82) is 0 Å². The highest BCUT2D eigenvalue weighted by atomic mass is 32.1. The fourth-order valence-corrected chi connectivity index (χ4v) is 4.30. The third kappa shape index (κ3) is 10.4. The van der Waals surface area contributed by atoms with Crippen molar-refractivity contribution in [3.05, 3.63) is 112 Å². The number of methoxy groups -OCH3 is 1. The van der Waals surface area contributed by atoms with E-state index in [1.165, 1.54) is 11.3 Å². The van der Waals surface area contributed by atoms with Gasteiger partial charge in [-0.3, -0.25) is 14.8 Å². The number of hydrogen-bond acceptors (Lipinski definition) is 10. The number of nitrogens with two attached hydrogens (primary N) is 4. The quantitative estimate of drug-likeness (QED) is 0.0995. The van der Waals surface area contributed by atoms with Crippen LogP contribution in [0.25, 0.3) is 0 Å². The number of nitrogen functional groups attached to an aromatic ring is 4. The first kappa shape index (κ1) is 29.6. The van der Waals surface area contributed by atoms with Gasteiger partial charge < -0.3 is 27.7 Å². The van der Waals surface area contributed by atoms with E-state index in [2.05, 4.69) is 9.98 Å². The molecule has 8 N–H and O–H groups in total. The molecule has 8 nitrogen and oxygen atoms in total. The molecule has 0 amide bonds. The highest BCUT2D eigenvalue weighted by Crippen LogP contribution is 2.22. The minimum Gasteiger partial charge on any atom is -0.487 e. The lowest BCUT2D eigenvalue weighted by Crippen LogP contribution is -1.86. The smallest absolute Gasteiger partial charge is 0.173 e. The maximum absolute atomic E-state index is 10.1. The van der Waals surface area contributed by atoms with Crippen molar-refractivity contribution in [2.45, 2.75) is 0 Å². The third-order valence-electron chi connectivity index (χ3n) is 4.97. The van der Waals surface area contributed by atoms with Crippen LogP contribution in [-0.2, 0) is 0 Å². The highest BCUT2D eigenvalue weighted by molar-refractivity contribution is 7.15. The van der Waals surface area contributed by atoms with Gasteiger partial charge in [-0.05, 0) is 97.1 Å². The van der Waals surface area contributed by atoms with Crippen molar-refractivity contribution in [3.8, 4) is 5.06 Å². The molecule has 0 fully saturated rings. The number of nitrogens with zero attached hydrogens (tertiary/aromatic N) is 2. The zero-order valence-corrected chi connectivity index (χ0v) is 23.4. The second-order valence-electron chi connectivity index (χ2n) is 8.09. The minimum absolute atomic E-state index is 0.701. The van der Waals surface area contributed by atoms with E-state index < -0.39 is 0 Å². The molecule has 3 aromatic carbocycles. The Kier molecular flexibility index (Phi) is 11.5. The highest BCUT2D eigenvalue weighted by Gasteiger charge is 1.97. The molecule has 0 saturated carbocycles. The maximum Gasteiger partial charge on any atom is 0.173 e. The summed E-state index contributed by atoms with van der Waals surface area (Å²) in [6.07, 6.45) is 4.50. The summed E-state index contributed by atoms with van der Waals surface area (Å²) in [7, 11) is 1.58. The Labute approximate surface area is 241 Å². The standard InChI is InChI=1S/C18H16N4S.C6H8N2.C6H6O2S/c19-13-1-5-15(6-2-13)21-11-17-9-10-18(23-17)12-22-16-7-3-14(20)4-8-16;7-5-1-2-6(8)4-3-5;1-8-6-3-2-5(4-7)9-6/h1-12H,19-20H2;1-4H,7-8H2;2-4H,1H3. The van der Waals surface area contributed by atoms with Gasteiger partial charge in [0.2, 0.25) is 0 Å². The number of carbonyl (C=O) groups excluding carboxylic acids is 1. The van der Waals surface area contributed by atoms with E-state index in [9.17, 15) is 4.79 Å². The summed E-state index contributed by atoms with van der Waals surface area (Å²) in [6, 6.07) is 29.6. The predicted molar refractivity (Wildman–Crippen MR) is 172 cm³/mol. The fraction of sp³-hybridized carbons (Fsp3) is 0.0333. The number of rotatable bonds is 6. The lowest BCUT2D eigenvalue weighted by molar-refractivity contribution is 0.112. The van der Waals surface area contributed by atoms with Crippen LogP contribution >= 0.6 is 22.7 Å². The number of aldehydes is 1. The van der Waals surface area contributed by atoms with E-state index in [1.54, 1.807) is 54.8 Å². The number of anilines is 4. The molecule has 0 spiro atoms. The molecule has 0 aliphatic carbocycles. The molecule has 0 unspecified atom stereocenters. The molecule has 10 heteroatoms. The molecule has 0 radical (unpaired) electrons. The number of aliphatic imine (C=N–C) groups is 2. The molecule has 40 heavy (non-hydrogen) atoms. The van der Waals surface area contributed by atoms with Crippen LogP contribution in [0.15, 0.2) is 107 Å². The lowest BCUT2D eigenvalue weighted by Gasteiger charge is -1.94. The van der Waals surface area contributed by atoms with Gasteiger partial charge in [0.1, 0.15) is 0 Å². The summed E-state index contributed by atoms with van der Waals surface area (Å²) in [6.45, 7) is 0. The van der Waals surface area contributed by atoms with Gasteiger partial charge in [0.15, 0.2) is 11.3 Å². The SMILES string of the molecule is COc1ccc(C=O)s1.Nc1ccc(N)cc1.Nc1ccc(N=Cc2ccc(C=Nc3ccc(N)cc3)s2)cc1. The number of thiophene rings is 2. The Morgan fingerprint density at radius 1 is 0.550 bits per heavy atom. The first-order chi connectivity index (χ1) is 19.3. The molecular formula is C30H30N6O2S2. The van der Waals surface area contributed by atoms with E-state index in [4.69, 9.17) is 27.7 Å². The van der Waals surface area contributed by atoms with Gasteiger partial charge in [-0.15, -0.1) is 11.3 Å². The lowest BCUT2D eigenvalue weighted by atomic mass is 10.3. The maximum atomic E-state index is 10.1. The van der Waals surface area contributed by atoms with Crippen molar-refractivity contribution in [1.82, 2.24) is 0 Å². The van der Waals surface area contributed by atoms with Crippen LogP contribution in [0, 0.1) is 0 Å². The number of ether oxygens (including phenoxy) is 1. The van der Waals surface area contributed by atoms with Gasteiger partial charge in [-0.25, -0.2) is 0 Å². The van der Waals surface area contributed by atoms with Crippen molar-refractivity contribution < 1.29 is 9.53 Å². The Morgan fingerprint density at radius 3 is 1.25 bits per heavy atom. The summed E-state index contributed by atoms with van der Waals surface area (Å²) in [4.78, 5) is 21.8. The van der Waals surface area contributed by atoms with E-state index in [-0.39, 0.29) is 0 Å². The summed E-state index contributed by atoms with van der Waals surface area (Å²) in [5.74, 6) is 0. The van der Waals surface area contributed by atoms with Gasteiger partial charge >= 0.3 is 0 Å². The van der Waals surface area contributed by atoms with Crippen LogP contribution in [0.5, 0.6) is 5.06 Å². The predicted octanol–water partition coefficient (Wildman–Crippen LogP) is 6.83. The molecule has 204 valence electrons. The fourth-order valence-electron chi connectivity index (χ4n) is 2.91. The Bertz CT molecular complexity index is 1430. The molecule has 5 rings (SSSR count). The van der Waals surface area contributed by atoms with Crippen LogP contribution in [0.3, 0.4) is 0 Å². The third-order valence-corrected chi connectivity index (χ3v) is 6.90.